The van der Waals surface area contributed by atoms with Crippen LogP contribution in [0, 0.1) is 0 Å². The summed E-state index contributed by atoms with van der Waals surface area (Å²) < 4.78 is 0. The number of carbonyl (C=O) groups is 2. The number of hydrogen-bond acceptors (Lipinski definition) is 5. The zero-order valence-corrected chi connectivity index (χ0v) is 9.20. The molecule has 7 nitrogen and oxygen atoms in total. The van der Waals surface area contributed by atoms with Crippen LogP contribution in [0.2, 0.25) is 0 Å². The van der Waals surface area contributed by atoms with Gasteiger partial charge in [0.2, 0.25) is 0 Å². The van der Waals surface area contributed by atoms with E-state index in [0.717, 1.165) is 12.1 Å². The van der Waals surface area contributed by atoms with Crippen molar-refractivity contribution in [3.63, 3.8) is 0 Å². The minimum atomic E-state index is -2.46. The van der Waals surface area contributed by atoms with E-state index >= 15 is 0 Å². The van der Waals surface area contributed by atoms with Gasteiger partial charge in [-0.2, -0.15) is 0 Å². The highest BCUT2D eigenvalue weighted by atomic mass is 16.4. The summed E-state index contributed by atoms with van der Waals surface area (Å²) in [5, 5.41) is 45.4. The first-order valence-corrected chi connectivity index (χ1v) is 4.93. The molecule has 0 spiro atoms. The smallest absolute Gasteiger partial charge is 0.336 e. The van der Waals surface area contributed by atoms with Gasteiger partial charge in [-0.3, -0.25) is 4.79 Å². The SMILES string of the molecule is O=C(O)C[C@](O)(Cc1ccc(O)c(O)c1)C(=O)O. The van der Waals surface area contributed by atoms with Gasteiger partial charge in [0.05, 0.1) is 6.42 Å². The van der Waals surface area contributed by atoms with Crippen molar-refractivity contribution < 1.29 is 35.1 Å². The van der Waals surface area contributed by atoms with Crippen LogP contribution < -0.4 is 0 Å². The maximum absolute atomic E-state index is 10.9. The number of benzene rings is 1. The molecule has 0 aliphatic carbocycles. The van der Waals surface area contributed by atoms with E-state index in [1.165, 1.54) is 6.07 Å². The second-order valence-electron chi connectivity index (χ2n) is 3.91. The first-order chi connectivity index (χ1) is 8.24. The van der Waals surface area contributed by atoms with Gasteiger partial charge in [0.15, 0.2) is 17.1 Å². The Balaban J connectivity index is 3.00. The summed E-state index contributed by atoms with van der Waals surface area (Å²) in [4.78, 5) is 21.4. The molecular formula is C11H12O7. The van der Waals surface area contributed by atoms with Gasteiger partial charge in [0.25, 0.3) is 0 Å². The molecule has 98 valence electrons. The molecule has 0 saturated heterocycles. The van der Waals surface area contributed by atoms with Crippen molar-refractivity contribution >= 4 is 11.9 Å². The normalized spacial score (nSPS) is 13.8. The van der Waals surface area contributed by atoms with E-state index in [9.17, 15) is 19.8 Å². The maximum Gasteiger partial charge on any atom is 0.336 e. The van der Waals surface area contributed by atoms with E-state index in [4.69, 9.17) is 15.3 Å². The number of carboxylic acids is 2. The van der Waals surface area contributed by atoms with Gasteiger partial charge in [-0.15, -0.1) is 0 Å². The van der Waals surface area contributed by atoms with Crippen LogP contribution in [-0.2, 0) is 16.0 Å². The Bertz CT molecular complexity index is 482. The molecule has 0 bridgehead atoms. The second kappa shape index (κ2) is 4.92. The second-order valence-corrected chi connectivity index (χ2v) is 3.91. The van der Waals surface area contributed by atoms with Gasteiger partial charge in [-0.1, -0.05) is 6.07 Å². The molecule has 7 heteroatoms. The van der Waals surface area contributed by atoms with Crippen molar-refractivity contribution in [2.45, 2.75) is 18.4 Å². The molecule has 1 atom stereocenters. The van der Waals surface area contributed by atoms with Crippen LogP contribution >= 0.6 is 0 Å². The number of hydrogen-bond donors (Lipinski definition) is 5. The Morgan fingerprint density at radius 1 is 1.11 bits per heavy atom. The molecule has 0 saturated carbocycles. The van der Waals surface area contributed by atoms with Gasteiger partial charge in [0, 0.05) is 6.42 Å². The van der Waals surface area contributed by atoms with Crippen LogP contribution in [0.25, 0.3) is 0 Å². The van der Waals surface area contributed by atoms with Gasteiger partial charge in [-0.05, 0) is 17.7 Å². The van der Waals surface area contributed by atoms with Crippen LogP contribution in [0.15, 0.2) is 18.2 Å². The molecule has 5 N–H and O–H groups in total. The topological polar surface area (TPSA) is 135 Å². The highest BCUT2D eigenvalue weighted by Gasteiger charge is 2.38. The van der Waals surface area contributed by atoms with E-state index < -0.39 is 41.9 Å². The molecule has 0 aliphatic heterocycles. The molecule has 0 radical (unpaired) electrons. The number of carboxylic acid groups (broad SMARTS) is 2. The Kier molecular flexibility index (Phi) is 3.77. The molecule has 0 amide bonds. The lowest BCUT2D eigenvalue weighted by Crippen LogP contribution is -2.42. The molecule has 1 aromatic rings. The lowest BCUT2D eigenvalue weighted by atomic mass is 9.91. The van der Waals surface area contributed by atoms with Crippen molar-refractivity contribution in [2.24, 2.45) is 0 Å². The van der Waals surface area contributed by atoms with Crippen molar-refractivity contribution in [1.29, 1.82) is 0 Å². The summed E-state index contributed by atoms with van der Waals surface area (Å²) >= 11 is 0. The summed E-state index contributed by atoms with van der Waals surface area (Å²) in [6, 6.07) is 3.46. The van der Waals surface area contributed by atoms with Crippen LogP contribution in [0.4, 0.5) is 0 Å². The third-order valence-corrected chi connectivity index (χ3v) is 2.38. The summed E-state index contributed by atoms with van der Waals surface area (Å²) in [5.41, 5.74) is -2.27. The number of aliphatic hydroxyl groups is 1. The molecule has 1 aromatic carbocycles. The van der Waals surface area contributed by atoms with Crippen molar-refractivity contribution in [2.75, 3.05) is 0 Å². The molecule has 0 fully saturated rings. The van der Waals surface area contributed by atoms with Crippen LogP contribution in [0.5, 0.6) is 11.5 Å². The Morgan fingerprint density at radius 3 is 2.17 bits per heavy atom. The first kappa shape index (κ1) is 13.8. The minimum Gasteiger partial charge on any atom is -0.504 e. The van der Waals surface area contributed by atoms with Crippen molar-refractivity contribution in [3.8, 4) is 11.5 Å². The number of phenols is 2. The molecule has 0 heterocycles. The van der Waals surface area contributed by atoms with E-state index in [1.807, 2.05) is 0 Å². The number of aliphatic carboxylic acids is 2. The Hall–Kier alpha value is -2.28. The molecule has 0 aromatic heterocycles. The van der Waals surface area contributed by atoms with Crippen molar-refractivity contribution in [1.82, 2.24) is 0 Å². The summed E-state index contributed by atoms with van der Waals surface area (Å²) in [6.45, 7) is 0. The van der Waals surface area contributed by atoms with Crippen LogP contribution in [0.3, 0.4) is 0 Å². The lowest BCUT2D eigenvalue weighted by Gasteiger charge is -2.21. The number of phenolic OH excluding ortho intramolecular Hbond substituents is 2. The molecular weight excluding hydrogens is 244 g/mol. The highest BCUT2D eigenvalue weighted by molar-refractivity contribution is 5.84. The van der Waals surface area contributed by atoms with Crippen LogP contribution in [-0.4, -0.2) is 43.1 Å². The molecule has 0 unspecified atom stereocenters. The average Bonchev–Trinajstić information content (AvgIpc) is 2.22. The van der Waals surface area contributed by atoms with E-state index in [0.29, 0.717) is 0 Å². The fourth-order valence-electron chi connectivity index (χ4n) is 1.48. The molecule has 0 aliphatic rings. The Morgan fingerprint density at radius 2 is 1.72 bits per heavy atom. The average molecular weight is 256 g/mol. The number of aromatic hydroxyl groups is 2. The third kappa shape index (κ3) is 3.11. The zero-order chi connectivity index (χ0) is 13.9. The fourth-order valence-corrected chi connectivity index (χ4v) is 1.48. The lowest BCUT2D eigenvalue weighted by molar-refractivity contribution is -0.165. The fraction of sp³-hybridized carbons (Fsp3) is 0.273. The van der Waals surface area contributed by atoms with Crippen LogP contribution in [0.1, 0.15) is 12.0 Å². The predicted molar refractivity (Wildman–Crippen MR) is 58.3 cm³/mol. The van der Waals surface area contributed by atoms with E-state index in [2.05, 4.69) is 0 Å². The van der Waals surface area contributed by atoms with Gasteiger partial charge >= 0.3 is 11.9 Å². The summed E-state index contributed by atoms with van der Waals surface area (Å²) in [6.07, 6.45) is -1.47. The minimum absolute atomic E-state index is 0.191. The number of rotatable bonds is 5. The zero-order valence-electron chi connectivity index (χ0n) is 9.20. The van der Waals surface area contributed by atoms with E-state index in [-0.39, 0.29) is 5.56 Å². The van der Waals surface area contributed by atoms with E-state index in [1.54, 1.807) is 0 Å². The van der Waals surface area contributed by atoms with Gasteiger partial charge in [0.1, 0.15) is 0 Å². The van der Waals surface area contributed by atoms with Crippen molar-refractivity contribution in [3.05, 3.63) is 23.8 Å². The van der Waals surface area contributed by atoms with Gasteiger partial charge < -0.3 is 25.5 Å². The van der Waals surface area contributed by atoms with Gasteiger partial charge in [-0.25, -0.2) is 4.79 Å². The monoisotopic (exact) mass is 256 g/mol. The summed E-state index contributed by atoms with van der Waals surface area (Å²) in [5.74, 6) is -3.99. The standard InChI is InChI=1S/C11H12O7/c12-7-2-1-6(3-8(7)13)4-11(18,10(16)17)5-9(14)15/h1-3,12-13,18H,4-5H2,(H,14,15)(H,16,17)/t11-/m1/s1. The predicted octanol–water partition coefficient (Wildman–Crippen LogP) is -0.0693. The summed E-state index contributed by atoms with van der Waals surface area (Å²) in [7, 11) is 0. The maximum atomic E-state index is 10.9. The molecule has 1 rings (SSSR count). The largest absolute Gasteiger partial charge is 0.504 e. The Labute approximate surface area is 102 Å². The quantitative estimate of drug-likeness (QED) is 0.465. The third-order valence-electron chi connectivity index (χ3n) is 2.38. The first-order valence-electron chi connectivity index (χ1n) is 4.93. The molecule has 18 heavy (non-hydrogen) atoms. The highest BCUT2D eigenvalue weighted by Crippen LogP contribution is 2.27.